The van der Waals surface area contributed by atoms with Crippen LogP contribution in [0.4, 0.5) is 0 Å². The van der Waals surface area contributed by atoms with Crippen molar-refractivity contribution in [2.75, 3.05) is 26.4 Å². The highest BCUT2D eigenvalue weighted by atomic mass is 31.2. The highest BCUT2D eigenvalue weighted by molar-refractivity contribution is 7.47. The number of hydrogen-bond acceptors (Lipinski definition) is 10. The van der Waals surface area contributed by atoms with Gasteiger partial charge >= 0.3 is 25.7 Å². The second-order valence-corrected chi connectivity index (χ2v) is 23.0. The van der Waals surface area contributed by atoms with Gasteiger partial charge in [0.15, 0.2) is 6.10 Å². The predicted molar refractivity (Wildman–Crippen MR) is 353 cm³/mol. The molecule has 0 aromatic rings. The number of phosphoric ester groups is 1. The number of allylic oxidation sites excluding steroid dienone is 22. The maximum absolute atomic E-state index is 13.0. The van der Waals surface area contributed by atoms with Gasteiger partial charge in [-0.1, -0.05) is 251 Å². The normalized spacial score (nSPS) is 14.1. The average Bonchev–Trinajstić information content (AvgIpc) is 3.55. The summed E-state index contributed by atoms with van der Waals surface area (Å²) in [6.07, 6.45) is 82.7. The summed E-state index contributed by atoms with van der Waals surface area (Å²) in [6.45, 7) is 4.39. The van der Waals surface area contributed by atoms with Crippen LogP contribution in [0.15, 0.2) is 134 Å². The van der Waals surface area contributed by atoms with Crippen molar-refractivity contribution in [2.45, 2.75) is 277 Å². The molecule has 0 aliphatic rings. The zero-order valence-electron chi connectivity index (χ0n) is 53.1. The lowest BCUT2D eigenvalue weighted by Crippen LogP contribution is -2.30. The smallest absolute Gasteiger partial charge is 0.462 e. The van der Waals surface area contributed by atoms with Gasteiger partial charge < -0.3 is 24.2 Å². The summed E-state index contributed by atoms with van der Waals surface area (Å²) in [4.78, 5) is 48.8. The van der Waals surface area contributed by atoms with Crippen molar-refractivity contribution in [2.24, 2.45) is 0 Å². The fourth-order valence-electron chi connectivity index (χ4n) is 8.54. The third-order valence-electron chi connectivity index (χ3n) is 13.5. The van der Waals surface area contributed by atoms with E-state index in [0.717, 1.165) is 122 Å². The van der Waals surface area contributed by atoms with Crippen LogP contribution in [0.3, 0.4) is 0 Å². The van der Waals surface area contributed by atoms with E-state index in [0.29, 0.717) is 19.3 Å². The van der Waals surface area contributed by atoms with Crippen LogP contribution in [0.1, 0.15) is 265 Å². The largest absolute Gasteiger partial charge is 0.472 e. The van der Waals surface area contributed by atoms with Crippen LogP contribution in [0.25, 0.3) is 0 Å². The molecule has 0 saturated heterocycles. The lowest BCUT2D eigenvalue weighted by atomic mass is 10.1. The van der Waals surface area contributed by atoms with Crippen molar-refractivity contribution >= 4 is 25.7 Å². The standard InChI is InChI=1S/C72H119O11P/c1-4-7-10-13-16-19-22-25-28-31-34-37-40-43-46-49-52-55-58-61-70(74)79-65-69(83-72(76)63-60-57-54-51-48-45-42-39-36-33-30-27-24-21-18-15-12-9-6-3)67-81-84(77,78)80-66-68(64-73)82-71(75)62-59-56-53-50-47-44-41-38-35-32-29-26-23-20-17-14-11-8-5-2/h7,10,16-21,25-30,34,36-37,39,43,46,52,55,68-69,73H,4-6,8-9,11-15,22-24,31-33,35,38,40-42,44-45,47-51,53-54,56-67H2,1-3H3,(H,77,78)/b10-7-,19-16-,20-17-,21-18-,28-25-,29-26-,30-27-,37-34-,39-36-,46-43-,55-52-. The summed E-state index contributed by atoms with van der Waals surface area (Å²) in [6, 6.07) is 0. The van der Waals surface area contributed by atoms with Gasteiger partial charge in [0.05, 0.1) is 19.8 Å². The number of ether oxygens (including phenoxy) is 3. The summed E-state index contributed by atoms with van der Waals surface area (Å²) in [5, 5.41) is 9.87. The Hall–Kier alpha value is -4.38. The first-order valence-electron chi connectivity index (χ1n) is 33.1. The number of unbranched alkanes of at least 4 members (excludes halogenated alkanes) is 21. The number of hydrogen-bond donors (Lipinski definition) is 2. The molecule has 0 aliphatic carbocycles. The molecular formula is C72H119O11P. The topological polar surface area (TPSA) is 155 Å². The van der Waals surface area contributed by atoms with E-state index in [1.807, 2.05) is 12.2 Å². The van der Waals surface area contributed by atoms with E-state index >= 15 is 0 Å². The molecule has 0 aliphatic heterocycles. The SMILES string of the molecule is CC/C=C\C/C=C\C/C=C\C/C=C\C/C=C\C/C=C\CCC(=O)OCC(COP(=O)(O)OCC(CO)OC(=O)CCCCCCCCCCC/C=C\C/C=C\CCCCC)OC(=O)CCCCCCCC/C=C\C/C=C\C/C=C\CCCCC. The maximum Gasteiger partial charge on any atom is 0.472 e. The number of aliphatic hydroxyl groups excluding tert-OH is 1. The van der Waals surface area contributed by atoms with Gasteiger partial charge in [0, 0.05) is 19.3 Å². The molecule has 0 radical (unpaired) electrons. The molecular weight excluding hydrogens is 1070 g/mol. The quantitative estimate of drug-likeness (QED) is 0.0197. The summed E-state index contributed by atoms with van der Waals surface area (Å²) in [5.74, 6) is -1.59. The minimum Gasteiger partial charge on any atom is -0.462 e. The second kappa shape index (κ2) is 64.6. The molecule has 478 valence electrons. The third-order valence-corrected chi connectivity index (χ3v) is 14.5. The Labute approximate surface area is 512 Å². The first-order chi connectivity index (χ1) is 41.2. The second-order valence-electron chi connectivity index (χ2n) is 21.5. The van der Waals surface area contributed by atoms with Crippen LogP contribution in [0.2, 0.25) is 0 Å². The van der Waals surface area contributed by atoms with E-state index in [4.69, 9.17) is 23.3 Å². The Morgan fingerprint density at radius 3 is 1.00 bits per heavy atom. The van der Waals surface area contributed by atoms with Crippen LogP contribution in [-0.2, 0) is 42.2 Å². The van der Waals surface area contributed by atoms with E-state index in [1.54, 1.807) is 0 Å². The molecule has 0 heterocycles. The van der Waals surface area contributed by atoms with Crippen LogP contribution in [0, 0.1) is 0 Å². The van der Waals surface area contributed by atoms with Crippen molar-refractivity contribution in [1.82, 2.24) is 0 Å². The summed E-state index contributed by atoms with van der Waals surface area (Å²) < 4.78 is 39.6. The Bertz CT molecular complexity index is 1920. The molecule has 0 aromatic carbocycles. The maximum atomic E-state index is 13.0. The molecule has 84 heavy (non-hydrogen) atoms. The highest BCUT2D eigenvalue weighted by Gasteiger charge is 2.28. The van der Waals surface area contributed by atoms with Crippen molar-refractivity contribution in [1.29, 1.82) is 0 Å². The number of phosphoric acid groups is 1. The lowest BCUT2D eigenvalue weighted by molar-refractivity contribution is -0.161. The van der Waals surface area contributed by atoms with Crippen LogP contribution in [-0.4, -0.2) is 66.5 Å². The van der Waals surface area contributed by atoms with Crippen molar-refractivity contribution in [3.8, 4) is 0 Å². The third kappa shape index (κ3) is 62.2. The Kier molecular flexibility index (Phi) is 61.2. The fraction of sp³-hybridized carbons (Fsp3) is 0.653. The average molecular weight is 1190 g/mol. The fourth-order valence-corrected chi connectivity index (χ4v) is 9.32. The molecule has 0 rings (SSSR count). The number of carbonyl (C=O) groups excluding carboxylic acids is 3. The van der Waals surface area contributed by atoms with Crippen molar-refractivity contribution in [3.05, 3.63) is 134 Å². The molecule has 0 fully saturated rings. The molecule has 0 aromatic heterocycles. The van der Waals surface area contributed by atoms with E-state index in [-0.39, 0.29) is 25.9 Å². The summed E-state index contributed by atoms with van der Waals surface area (Å²) >= 11 is 0. The minimum atomic E-state index is -4.79. The number of rotatable bonds is 60. The molecule has 3 atom stereocenters. The number of esters is 3. The summed E-state index contributed by atoms with van der Waals surface area (Å²) in [7, 11) is -4.79. The van der Waals surface area contributed by atoms with Gasteiger partial charge in [-0.3, -0.25) is 23.4 Å². The minimum absolute atomic E-state index is 0.0916. The van der Waals surface area contributed by atoms with E-state index in [2.05, 4.69) is 142 Å². The van der Waals surface area contributed by atoms with Gasteiger partial charge in [-0.2, -0.15) is 0 Å². The molecule has 3 unspecified atom stereocenters. The molecule has 12 heteroatoms. The monoisotopic (exact) mass is 1190 g/mol. The zero-order valence-corrected chi connectivity index (χ0v) is 54.0. The van der Waals surface area contributed by atoms with Gasteiger partial charge in [-0.05, 0) is 128 Å². The lowest BCUT2D eigenvalue weighted by Gasteiger charge is -2.21. The van der Waals surface area contributed by atoms with Gasteiger partial charge in [0.25, 0.3) is 0 Å². The van der Waals surface area contributed by atoms with Gasteiger partial charge in [-0.15, -0.1) is 0 Å². The molecule has 0 bridgehead atoms. The van der Waals surface area contributed by atoms with Gasteiger partial charge in [-0.25, -0.2) is 4.57 Å². The molecule has 11 nitrogen and oxygen atoms in total. The van der Waals surface area contributed by atoms with Crippen LogP contribution < -0.4 is 0 Å². The van der Waals surface area contributed by atoms with Crippen molar-refractivity contribution in [3.63, 3.8) is 0 Å². The zero-order chi connectivity index (χ0) is 61.2. The van der Waals surface area contributed by atoms with E-state index in [1.165, 1.54) is 83.5 Å². The predicted octanol–water partition coefficient (Wildman–Crippen LogP) is 20.5. The van der Waals surface area contributed by atoms with Gasteiger partial charge in [0.2, 0.25) is 0 Å². The van der Waals surface area contributed by atoms with E-state index in [9.17, 15) is 28.9 Å². The number of carbonyl (C=O) groups is 3. The first-order valence-corrected chi connectivity index (χ1v) is 34.6. The van der Waals surface area contributed by atoms with Gasteiger partial charge in [0.1, 0.15) is 12.7 Å². The van der Waals surface area contributed by atoms with Crippen molar-refractivity contribution < 1.29 is 52.2 Å². The Morgan fingerprint density at radius 2 is 0.643 bits per heavy atom. The Morgan fingerprint density at radius 1 is 0.345 bits per heavy atom. The molecule has 0 saturated carbocycles. The molecule has 0 amide bonds. The summed E-state index contributed by atoms with van der Waals surface area (Å²) in [5.41, 5.74) is 0. The number of aliphatic hydroxyl groups is 1. The van der Waals surface area contributed by atoms with Crippen LogP contribution in [0.5, 0.6) is 0 Å². The molecule has 0 spiro atoms. The highest BCUT2D eigenvalue weighted by Crippen LogP contribution is 2.43. The van der Waals surface area contributed by atoms with Crippen LogP contribution >= 0.6 is 7.82 Å². The Balaban J connectivity index is 4.82. The first kappa shape index (κ1) is 79.6. The van der Waals surface area contributed by atoms with E-state index < -0.39 is 57.8 Å². The molecule has 2 N–H and O–H groups in total.